The van der Waals surface area contributed by atoms with Crippen molar-refractivity contribution in [3.63, 3.8) is 0 Å². The molecule has 0 aromatic heterocycles. The molecule has 0 saturated carbocycles. The molecule has 1 atom stereocenters. The minimum absolute atomic E-state index is 0.000758. The molecule has 6 heteroatoms. The first-order valence-electron chi connectivity index (χ1n) is 6.10. The Balaban J connectivity index is 2.16. The van der Waals surface area contributed by atoms with Crippen molar-refractivity contribution in [2.45, 2.75) is 6.92 Å². The van der Waals surface area contributed by atoms with Gasteiger partial charge in [0, 0.05) is 12.1 Å². The molecular weight excluding hydrogens is 265 g/mol. The molecule has 1 aliphatic rings. The van der Waals surface area contributed by atoms with Gasteiger partial charge < -0.3 is 9.64 Å². The average Bonchev–Trinajstić information content (AvgIpc) is 2.82. The molecule has 20 heavy (non-hydrogen) atoms. The van der Waals surface area contributed by atoms with Crippen molar-refractivity contribution in [3.05, 3.63) is 35.1 Å². The van der Waals surface area contributed by atoms with Crippen LogP contribution < -0.4 is 0 Å². The molecule has 2 rings (SSSR count). The zero-order chi connectivity index (χ0) is 14.9. The fraction of sp³-hybridized carbons (Fsp3) is 0.357. The highest BCUT2D eigenvalue weighted by Gasteiger charge is 2.39. The molecule has 1 aromatic carbocycles. The number of esters is 1. The van der Waals surface area contributed by atoms with Crippen LogP contribution in [0.1, 0.15) is 15.9 Å². The van der Waals surface area contributed by atoms with E-state index in [-0.39, 0.29) is 18.9 Å². The Hall–Kier alpha value is -2.24. The first kappa shape index (κ1) is 14.2. The Morgan fingerprint density at radius 2 is 2.10 bits per heavy atom. The first-order chi connectivity index (χ1) is 9.43. The van der Waals surface area contributed by atoms with Gasteiger partial charge in [-0.1, -0.05) is 0 Å². The Morgan fingerprint density at radius 3 is 2.70 bits per heavy atom. The summed E-state index contributed by atoms with van der Waals surface area (Å²) in [6.07, 6.45) is 0. The Kier molecular flexibility index (Phi) is 3.83. The van der Waals surface area contributed by atoms with Crippen LogP contribution in [0.15, 0.2) is 18.2 Å². The molecule has 1 amide bonds. The van der Waals surface area contributed by atoms with Crippen molar-refractivity contribution in [1.29, 1.82) is 0 Å². The smallest absolute Gasteiger partial charge is 0.318 e. The number of aryl methyl sites for hydroxylation is 1. The summed E-state index contributed by atoms with van der Waals surface area (Å²) in [5.41, 5.74) is 0.646. The van der Waals surface area contributed by atoms with Gasteiger partial charge in [-0.05, 0) is 30.7 Å². The average molecular weight is 279 g/mol. The molecule has 0 N–H and O–H groups in total. The van der Waals surface area contributed by atoms with E-state index in [4.69, 9.17) is 0 Å². The van der Waals surface area contributed by atoms with Crippen LogP contribution in [0.2, 0.25) is 0 Å². The predicted molar refractivity (Wildman–Crippen MR) is 67.6 cm³/mol. The summed E-state index contributed by atoms with van der Waals surface area (Å²) in [6.45, 7) is 1.42. The number of benzene rings is 1. The van der Waals surface area contributed by atoms with Gasteiger partial charge >= 0.3 is 5.97 Å². The third kappa shape index (κ3) is 2.54. The van der Waals surface area contributed by atoms with Crippen LogP contribution in [0.25, 0.3) is 0 Å². The lowest BCUT2D eigenvalue weighted by molar-refractivity contribution is -0.147. The van der Waals surface area contributed by atoms with Crippen molar-refractivity contribution >= 4 is 17.7 Å². The largest absolute Gasteiger partial charge is 0.468 e. The number of carbonyl (C=O) groups excluding carboxylic acids is 3. The number of likely N-dealkylation sites (tertiary alicyclic amines) is 1. The van der Waals surface area contributed by atoms with Gasteiger partial charge in [-0.3, -0.25) is 14.4 Å². The highest BCUT2D eigenvalue weighted by Crippen LogP contribution is 2.18. The maximum atomic E-state index is 13.2. The van der Waals surface area contributed by atoms with Gasteiger partial charge in [0.15, 0.2) is 5.78 Å². The molecule has 1 fully saturated rings. The molecule has 1 aromatic rings. The summed E-state index contributed by atoms with van der Waals surface area (Å²) >= 11 is 0. The maximum absolute atomic E-state index is 13.2. The van der Waals surface area contributed by atoms with E-state index in [2.05, 4.69) is 4.74 Å². The van der Waals surface area contributed by atoms with Crippen molar-refractivity contribution in [2.24, 2.45) is 5.92 Å². The molecule has 1 heterocycles. The van der Waals surface area contributed by atoms with Gasteiger partial charge in [-0.25, -0.2) is 4.39 Å². The number of hydrogen-bond acceptors (Lipinski definition) is 4. The number of rotatable bonds is 2. The van der Waals surface area contributed by atoms with E-state index in [0.29, 0.717) is 11.1 Å². The van der Waals surface area contributed by atoms with Crippen LogP contribution in [0, 0.1) is 18.7 Å². The van der Waals surface area contributed by atoms with Crippen LogP contribution in [-0.2, 0) is 14.3 Å². The molecule has 0 radical (unpaired) electrons. The molecule has 1 aliphatic heterocycles. The summed E-state index contributed by atoms with van der Waals surface area (Å²) in [5.74, 6) is -2.70. The lowest BCUT2D eigenvalue weighted by Gasteiger charge is -2.15. The van der Waals surface area contributed by atoms with Crippen LogP contribution in [-0.4, -0.2) is 42.8 Å². The normalized spacial score (nSPS) is 18.2. The van der Waals surface area contributed by atoms with Gasteiger partial charge in [-0.2, -0.15) is 0 Å². The number of carbonyl (C=O) groups is 3. The van der Waals surface area contributed by atoms with E-state index < -0.39 is 23.6 Å². The number of halogens is 1. The maximum Gasteiger partial charge on any atom is 0.318 e. The van der Waals surface area contributed by atoms with Gasteiger partial charge in [-0.15, -0.1) is 0 Å². The first-order valence-corrected chi connectivity index (χ1v) is 6.10. The Bertz CT molecular complexity index is 585. The summed E-state index contributed by atoms with van der Waals surface area (Å²) < 4.78 is 17.7. The standard InChI is InChI=1S/C14H14FNO4/c1-8-5-9(3-4-11(8)15)13(18)16-6-10(12(17)7-16)14(19)20-2/h3-5,10H,6-7H2,1-2H3. The third-order valence-electron chi connectivity index (χ3n) is 3.32. The van der Waals surface area contributed by atoms with Gasteiger partial charge in [0.25, 0.3) is 5.91 Å². The van der Waals surface area contributed by atoms with Crippen LogP contribution in [0.3, 0.4) is 0 Å². The number of hydrogen-bond donors (Lipinski definition) is 0. The van der Waals surface area contributed by atoms with Gasteiger partial charge in [0.1, 0.15) is 11.7 Å². The Morgan fingerprint density at radius 1 is 1.40 bits per heavy atom. The topological polar surface area (TPSA) is 63.7 Å². The van der Waals surface area contributed by atoms with E-state index in [0.717, 1.165) is 0 Å². The molecule has 0 bridgehead atoms. The molecule has 5 nitrogen and oxygen atoms in total. The fourth-order valence-corrected chi connectivity index (χ4v) is 2.15. The molecule has 106 valence electrons. The van der Waals surface area contributed by atoms with Crippen molar-refractivity contribution in [1.82, 2.24) is 4.90 Å². The van der Waals surface area contributed by atoms with Crippen molar-refractivity contribution < 1.29 is 23.5 Å². The van der Waals surface area contributed by atoms with E-state index in [9.17, 15) is 18.8 Å². The van der Waals surface area contributed by atoms with E-state index in [1.807, 2.05) is 0 Å². The van der Waals surface area contributed by atoms with E-state index in [1.54, 1.807) is 6.92 Å². The lowest BCUT2D eigenvalue weighted by atomic mass is 10.1. The third-order valence-corrected chi connectivity index (χ3v) is 3.32. The van der Waals surface area contributed by atoms with Gasteiger partial charge in [0.05, 0.1) is 13.7 Å². The summed E-state index contributed by atoms with van der Waals surface area (Å²) in [4.78, 5) is 36.6. The van der Waals surface area contributed by atoms with Crippen LogP contribution >= 0.6 is 0 Å². The van der Waals surface area contributed by atoms with E-state index >= 15 is 0 Å². The molecule has 0 spiro atoms. The summed E-state index contributed by atoms with van der Waals surface area (Å²) in [6, 6.07) is 3.99. The highest BCUT2D eigenvalue weighted by atomic mass is 19.1. The number of nitrogens with zero attached hydrogens (tertiary/aromatic N) is 1. The van der Waals surface area contributed by atoms with Crippen molar-refractivity contribution in [3.8, 4) is 0 Å². The fourth-order valence-electron chi connectivity index (χ4n) is 2.15. The van der Waals surface area contributed by atoms with Gasteiger partial charge in [0.2, 0.25) is 0 Å². The minimum Gasteiger partial charge on any atom is -0.468 e. The zero-order valence-electron chi connectivity index (χ0n) is 11.2. The minimum atomic E-state index is -0.925. The molecule has 1 unspecified atom stereocenters. The number of amides is 1. The molecule has 1 saturated heterocycles. The number of Topliss-reactive ketones (excluding diaryl/α,β-unsaturated/α-hetero) is 1. The quantitative estimate of drug-likeness (QED) is 0.597. The zero-order valence-corrected chi connectivity index (χ0v) is 11.2. The number of ketones is 1. The second kappa shape index (κ2) is 5.40. The summed E-state index contributed by atoms with van der Waals surface area (Å²) in [7, 11) is 1.20. The SMILES string of the molecule is COC(=O)C1CN(C(=O)c2ccc(F)c(C)c2)CC1=O. The van der Waals surface area contributed by atoms with E-state index in [1.165, 1.54) is 30.2 Å². The highest BCUT2D eigenvalue weighted by molar-refractivity contribution is 6.06. The number of methoxy groups -OCH3 is 1. The van der Waals surface area contributed by atoms with Crippen LogP contribution in [0.4, 0.5) is 4.39 Å². The molecular formula is C14H14FNO4. The predicted octanol–water partition coefficient (Wildman–Crippen LogP) is 0.948. The van der Waals surface area contributed by atoms with Crippen molar-refractivity contribution in [2.75, 3.05) is 20.2 Å². The second-order valence-corrected chi connectivity index (χ2v) is 4.69. The number of ether oxygens (including phenoxy) is 1. The lowest BCUT2D eigenvalue weighted by Crippen LogP contribution is -2.30. The molecule has 0 aliphatic carbocycles. The summed E-state index contributed by atoms with van der Waals surface area (Å²) in [5, 5.41) is 0. The second-order valence-electron chi connectivity index (χ2n) is 4.69. The van der Waals surface area contributed by atoms with Crippen LogP contribution in [0.5, 0.6) is 0 Å². The monoisotopic (exact) mass is 279 g/mol. The Labute approximate surface area is 115 Å².